The summed E-state index contributed by atoms with van der Waals surface area (Å²) in [5.41, 5.74) is 2.00. The van der Waals surface area contributed by atoms with Gasteiger partial charge in [-0.3, -0.25) is 4.79 Å². The second-order valence-electron chi connectivity index (χ2n) is 5.85. The number of nitrogens with one attached hydrogen (secondary N) is 2. The Morgan fingerprint density at radius 2 is 1.81 bits per heavy atom. The van der Waals surface area contributed by atoms with Crippen LogP contribution < -0.4 is 15.4 Å². The number of ether oxygens (including phenoxy) is 1. The van der Waals surface area contributed by atoms with Gasteiger partial charge in [-0.25, -0.2) is 0 Å². The van der Waals surface area contributed by atoms with Crippen molar-refractivity contribution in [3.8, 4) is 5.75 Å². The van der Waals surface area contributed by atoms with Crippen LogP contribution >= 0.6 is 0 Å². The number of methoxy groups -OCH3 is 1. The zero-order valence-corrected chi connectivity index (χ0v) is 14.7. The number of carbonyl (C=O) groups is 1. The van der Waals surface area contributed by atoms with Gasteiger partial charge in [-0.15, -0.1) is 0 Å². The molecule has 0 saturated heterocycles. The van der Waals surface area contributed by atoms with Crippen LogP contribution in [0, 0.1) is 0 Å². The predicted molar refractivity (Wildman–Crippen MR) is 107 cm³/mol. The lowest BCUT2D eigenvalue weighted by Gasteiger charge is -2.10. The van der Waals surface area contributed by atoms with E-state index < -0.39 is 0 Å². The average molecular weight is 346 g/mol. The van der Waals surface area contributed by atoms with Crippen molar-refractivity contribution >= 4 is 28.4 Å². The van der Waals surface area contributed by atoms with Crippen LogP contribution in [0.4, 0.5) is 5.69 Å². The highest BCUT2D eigenvalue weighted by Gasteiger charge is 2.00. The van der Waals surface area contributed by atoms with Crippen LogP contribution in [0.3, 0.4) is 0 Å². The van der Waals surface area contributed by atoms with Gasteiger partial charge < -0.3 is 15.4 Å². The molecule has 0 aliphatic rings. The average Bonchev–Trinajstić information content (AvgIpc) is 2.70. The van der Waals surface area contributed by atoms with Crippen molar-refractivity contribution in [2.45, 2.75) is 0 Å². The van der Waals surface area contributed by atoms with E-state index in [1.165, 1.54) is 16.8 Å². The van der Waals surface area contributed by atoms with Gasteiger partial charge in [0.25, 0.3) is 0 Å². The minimum absolute atomic E-state index is 0.118. The van der Waals surface area contributed by atoms with Gasteiger partial charge in [0, 0.05) is 30.2 Å². The van der Waals surface area contributed by atoms with Gasteiger partial charge in [-0.1, -0.05) is 48.5 Å². The fraction of sp³-hybridized carbons (Fsp3) is 0.136. The van der Waals surface area contributed by atoms with Crippen LogP contribution in [-0.2, 0) is 4.79 Å². The first-order valence-corrected chi connectivity index (χ1v) is 8.58. The molecule has 132 valence electrons. The number of fused-ring (bicyclic) bond motifs is 1. The number of amides is 1. The number of anilines is 1. The van der Waals surface area contributed by atoms with Crippen molar-refractivity contribution in [2.75, 3.05) is 25.5 Å². The highest BCUT2D eigenvalue weighted by atomic mass is 16.5. The molecule has 0 heterocycles. The van der Waals surface area contributed by atoms with Gasteiger partial charge in [0.1, 0.15) is 5.75 Å². The van der Waals surface area contributed by atoms with Crippen molar-refractivity contribution in [3.05, 3.63) is 78.4 Å². The van der Waals surface area contributed by atoms with Gasteiger partial charge in [0.2, 0.25) is 5.91 Å². The van der Waals surface area contributed by atoms with Crippen LogP contribution in [0.1, 0.15) is 5.56 Å². The van der Waals surface area contributed by atoms with Crippen molar-refractivity contribution < 1.29 is 9.53 Å². The van der Waals surface area contributed by atoms with Crippen LogP contribution in [0.15, 0.2) is 72.8 Å². The van der Waals surface area contributed by atoms with E-state index in [1.807, 2.05) is 48.5 Å². The summed E-state index contributed by atoms with van der Waals surface area (Å²) in [6.07, 6.45) is 3.31. The van der Waals surface area contributed by atoms with Crippen molar-refractivity contribution in [3.63, 3.8) is 0 Å². The highest BCUT2D eigenvalue weighted by Crippen LogP contribution is 2.22. The number of benzene rings is 3. The first-order valence-electron chi connectivity index (χ1n) is 8.58. The van der Waals surface area contributed by atoms with Gasteiger partial charge in [-0.05, 0) is 35.2 Å². The Morgan fingerprint density at radius 3 is 2.69 bits per heavy atom. The molecule has 1 amide bonds. The Bertz CT molecular complexity index is 913. The Labute approximate surface area is 153 Å². The lowest BCUT2D eigenvalue weighted by molar-refractivity contribution is -0.116. The summed E-state index contributed by atoms with van der Waals surface area (Å²) in [6.45, 7) is 1.21. The van der Waals surface area contributed by atoms with Gasteiger partial charge in [-0.2, -0.15) is 0 Å². The Hall–Kier alpha value is -3.27. The SMILES string of the molecule is COc1cccc(/C=C/C(=O)NCCNc2cccc3ccccc23)c1. The van der Waals surface area contributed by atoms with E-state index in [4.69, 9.17) is 4.74 Å². The minimum atomic E-state index is -0.118. The molecule has 4 nitrogen and oxygen atoms in total. The molecule has 3 rings (SSSR count). The van der Waals surface area contributed by atoms with E-state index in [-0.39, 0.29) is 5.91 Å². The standard InChI is InChI=1S/C22H22N2O2/c1-26-19-9-4-6-17(16-19)12-13-22(25)24-15-14-23-21-11-5-8-18-7-2-3-10-20(18)21/h2-13,16,23H,14-15H2,1H3,(H,24,25)/b13-12+. The van der Waals surface area contributed by atoms with E-state index in [9.17, 15) is 4.79 Å². The minimum Gasteiger partial charge on any atom is -0.497 e. The molecule has 0 fully saturated rings. The molecule has 26 heavy (non-hydrogen) atoms. The van der Waals surface area contributed by atoms with E-state index in [0.29, 0.717) is 13.1 Å². The molecule has 0 radical (unpaired) electrons. The normalized spacial score (nSPS) is 10.8. The molecular formula is C22H22N2O2. The first-order chi connectivity index (χ1) is 12.8. The molecule has 3 aromatic carbocycles. The van der Waals surface area contributed by atoms with E-state index >= 15 is 0 Å². The highest BCUT2D eigenvalue weighted by molar-refractivity contribution is 5.94. The molecule has 0 atom stereocenters. The van der Waals surface area contributed by atoms with Crippen molar-refractivity contribution in [1.82, 2.24) is 5.32 Å². The third-order valence-corrected chi connectivity index (χ3v) is 4.05. The third-order valence-electron chi connectivity index (χ3n) is 4.05. The smallest absolute Gasteiger partial charge is 0.244 e. The Balaban J connectivity index is 1.48. The number of hydrogen-bond acceptors (Lipinski definition) is 3. The van der Waals surface area contributed by atoms with Crippen LogP contribution in [0.2, 0.25) is 0 Å². The molecule has 0 aliphatic heterocycles. The predicted octanol–water partition coefficient (Wildman–Crippen LogP) is 4.09. The molecular weight excluding hydrogens is 324 g/mol. The van der Waals surface area contributed by atoms with Gasteiger partial charge >= 0.3 is 0 Å². The molecule has 0 aliphatic carbocycles. The molecule has 0 unspecified atom stereocenters. The third kappa shape index (κ3) is 4.63. The second kappa shape index (κ2) is 8.72. The summed E-state index contributed by atoms with van der Waals surface area (Å²) < 4.78 is 5.17. The maximum Gasteiger partial charge on any atom is 0.244 e. The molecule has 2 N–H and O–H groups in total. The van der Waals surface area contributed by atoms with Gasteiger partial charge in [0.05, 0.1) is 7.11 Å². The van der Waals surface area contributed by atoms with Crippen molar-refractivity contribution in [1.29, 1.82) is 0 Å². The van der Waals surface area contributed by atoms with E-state index in [1.54, 1.807) is 13.2 Å². The quantitative estimate of drug-likeness (QED) is 0.500. The second-order valence-corrected chi connectivity index (χ2v) is 5.85. The molecule has 4 heteroatoms. The van der Waals surface area contributed by atoms with Crippen LogP contribution in [0.25, 0.3) is 16.8 Å². The summed E-state index contributed by atoms with van der Waals surface area (Å²) in [5.74, 6) is 0.652. The maximum absolute atomic E-state index is 11.9. The van der Waals surface area contributed by atoms with Crippen LogP contribution in [0.5, 0.6) is 5.75 Å². The zero-order valence-electron chi connectivity index (χ0n) is 14.7. The van der Waals surface area contributed by atoms with E-state index in [2.05, 4.69) is 28.8 Å². The lowest BCUT2D eigenvalue weighted by atomic mass is 10.1. The monoisotopic (exact) mass is 346 g/mol. The fourth-order valence-corrected chi connectivity index (χ4v) is 2.74. The van der Waals surface area contributed by atoms with Crippen molar-refractivity contribution in [2.24, 2.45) is 0 Å². The van der Waals surface area contributed by atoms with Gasteiger partial charge in [0.15, 0.2) is 0 Å². The molecule has 0 bridgehead atoms. The van der Waals surface area contributed by atoms with Crippen LogP contribution in [-0.4, -0.2) is 26.1 Å². The fourth-order valence-electron chi connectivity index (χ4n) is 2.74. The lowest BCUT2D eigenvalue weighted by Crippen LogP contribution is -2.27. The summed E-state index contributed by atoms with van der Waals surface area (Å²) in [5, 5.41) is 8.63. The topological polar surface area (TPSA) is 50.4 Å². The van der Waals surface area contributed by atoms with E-state index in [0.717, 1.165) is 17.0 Å². The number of rotatable bonds is 7. The first kappa shape index (κ1) is 17.5. The molecule has 0 spiro atoms. The molecule has 3 aromatic rings. The summed E-state index contributed by atoms with van der Waals surface area (Å²) >= 11 is 0. The molecule has 0 saturated carbocycles. The number of hydrogen-bond donors (Lipinski definition) is 2. The summed E-state index contributed by atoms with van der Waals surface area (Å²) in [7, 11) is 1.62. The zero-order chi connectivity index (χ0) is 18.2. The Kier molecular flexibility index (Phi) is 5.88. The summed E-state index contributed by atoms with van der Waals surface area (Å²) in [6, 6.07) is 22.0. The Morgan fingerprint density at radius 1 is 1.00 bits per heavy atom. The number of carbonyl (C=O) groups excluding carboxylic acids is 1. The maximum atomic E-state index is 11.9. The molecule has 0 aromatic heterocycles. The summed E-state index contributed by atoms with van der Waals surface area (Å²) in [4.78, 5) is 11.9. The largest absolute Gasteiger partial charge is 0.497 e.